The zero-order chi connectivity index (χ0) is 19.6. The zero-order valence-corrected chi connectivity index (χ0v) is 15.3. The molecule has 0 bridgehead atoms. The van der Waals surface area contributed by atoms with Crippen molar-refractivity contribution in [1.29, 1.82) is 0 Å². The van der Waals surface area contributed by atoms with Gasteiger partial charge in [-0.05, 0) is 42.5 Å². The normalized spacial score (nSPS) is 11.1. The van der Waals surface area contributed by atoms with Gasteiger partial charge < -0.3 is 9.73 Å². The first-order valence-corrected chi connectivity index (χ1v) is 9.47. The summed E-state index contributed by atoms with van der Waals surface area (Å²) in [5.41, 5.74) is -0.349. The second-order valence-corrected chi connectivity index (χ2v) is 7.44. The molecule has 0 aliphatic carbocycles. The molecule has 1 heterocycles. The molecule has 0 radical (unpaired) electrons. The number of anilines is 1. The maximum absolute atomic E-state index is 12.3. The molecular formula is C17H13N3O5S2. The lowest BCUT2D eigenvalue weighted by Gasteiger charge is -2.10. The SMILES string of the molecule is NS(=O)(=O)c1cccc(NC(=S)NC(=O)c2cc3ccccc3oc2=O)c1. The first kappa shape index (κ1) is 18.7. The van der Waals surface area contributed by atoms with Crippen LogP contribution in [0.5, 0.6) is 0 Å². The van der Waals surface area contributed by atoms with Crippen molar-refractivity contribution in [3.63, 3.8) is 0 Å². The number of nitrogens with one attached hydrogen (secondary N) is 2. The van der Waals surface area contributed by atoms with Gasteiger partial charge in [0.15, 0.2) is 5.11 Å². The summed E-state index contributed by atoms with van der Waals surface area (Å²) in [5.74, 6) is -0.755. The Bertz CT molecular complexity index is 1220. The first-order chi connectivity index (χ1) is 12.7. The Morgan fingerprint density at radius 1 is 1.07 bits per heavy atom. The number of carbonyl (C=O) groups is 1. The summed E-state index contributed by atoms with van der Waals surface area (Å²) >= 11 is 5.03. The van der Waals surface area contributed by atoms with Gasteiger partial charge in [-0.1, -0.05) is 24.3 Å². The number of sulfonamides is 1. The van der Waals surface area contributed by atoms with E-state index in [9.17, 15) is 18.0 Å². The van der Waals surface area contributed by atoms with Crippen LogP contribution in [-0.2, 0) is 10.0 Å². The fraction of sp³-hybridized carbons (Fsp3) is 0. The highest BCUT2D eigenvalue weighted by molar-refractivity contribution is 7.89. The number of hydrogen-bond acceptors (Lipinski definition) is 6. The van der Waals surface area contributed by atoms with Crippen LogP contribution in [0.4, 0.5) is 5.69 Å². The van der Waals surface area contributed by atoms with Crippen molar-refractivity contribution in [3.05, 3.63) is 70.6 Å². The molecule has 4 N–H and O–H groups in total. The topological polar surface area (TPSA) is 132 Å². The molecule has 0 aliphatic heterocycles. The van der Waals surface area contributed by atoms with Gasteiger partial charge in [0, 0.05) is 11.1 Å². The number of hydrogen-bond donors (Lipinski definition) is 3. The van der Waals surface area contributed by atoms with Crippen molar-refractivity contribution in [2.24, 2.45) is 5.14 Å². The molecule has 27 heavy (non-hydrogen) atoms. The molecule has 8 nitrogen and oxygen atoms in total. The van der Waals surface area contributed by atoms with E-state index in [4.69, 9.17) is 21.8 Å². The number of carbonyl (C=O) groups excluding carboxylic acids is 1. The Morgan fingerprint density at radius 2 is 1.81 bits per heavy atom. The molecule has 1 amide bonds. The number of rotatable bonds is 3. The first-order valence-electron chi connectivity index (χ1n) is 7.52. The van der Waals surface area contributed by atoms with Crippen LogP contribution in [0.3, 0.4) is 0 Å². The summed E-state index contributed by atoms with van der Waals surface area (Å²) in [7, 11) is -3.88. The average Bonchev–Trinajstić information content (AvgIpc) is 2.60. The molecule has 0 spiro atoms. The van der Waals surface area contributed by atoms with Crippen LogP contribution >= 0.6 is 12.2 Å². The Balaban J connectivity index is 1.78. The Labute approximate surface area is 159 Å². The number of primary sulfonamides is 1. The minimum absolute atomic E-state index is 0.114. The van der Waals surface area contributed by atoms with Gasteiger partial charge in [-0.3, -0.25) is 10.1 Å². The van der Waals surface area contributed by atoms with Gasteiger partial charge in [-0.15, -0.1) is 0 Å². The zero-order valence-electron chi connectivity index (χ0n) is 13.6. The van der Waals surface area contributed by atoms with Crippen LogP contribution in [0.1, 0.15) is 10.4 Å². The number of fused-ring (bicyclic) bond motifs is 1. The van der Waals surface area contributed by atoms with Crippen LogP contribution in [0.25, 0.3) is 11.0 Å². The van der Waals surface area contributed by atoms with E-state index in [1.165, 1.54) is 30.3 Å². The number of amides is 1. The van der Waals surface area contributed by atoms with Crippen molar-refractivity contribution >= 4 is 49.9 Å². The summed E-state index contributed by atoms with van der Waals surface area (Å²) < 4.78 is 27.9. The third-order valence-corrected chi connectivity index (χ3v) is 4.65. The van der Waals surface area contributed by atoms with Crippen molar-refractivity contribution in [2.75, 3.05) is 5.32 Å². The average molecular weight is 403 g/mol. The largest absolute Gasteiger partial charge is 0.422 e. The van der Waals surface area contributed by atoms with Crippen molar-refractivity contribution < 1.29 is 17.6 Å². The molecule has 10 heteroatoms. The number of benzene rings is 2. The van der Waals surface area contributed by atoms with Crippen LogP contribution in [-0.4, -0.2) is 19.4 Å². The lowest BCUT2D eigenvalue weighted by molar-refractivity contribution is 0.0974. The van der Waals surface area contributed by atoms with Gasteiger partial charge in [0.2, 0.25) is 10.0 Å². The van der Waals surface area contributed by atoms with Gasteiger partial charge in [-0.2, -0.15) is 0 Å². The van der Waals surface area contributed by atoms with Crippen molar-refractivity contribution in [3.8, 4) is 0 Å². The Hall–Kier alpha value is -3.08. The Kier molecular flexibility index (Phi) is 5.04. The predicted molar refractivity (Wildman–Crippen MR) is 104 cm³/mol. The highest BCUT2D eigenvalue weighted by Crippen LogP contribution is 2.15. The summed E-state index contributed by atoms with van der Waals surface area (Å²) in [4.78, 5) is 24.2. The number of nitrogens with two attached hydrogens (primary N) is 1. The number of thiocarbonyl (C=S) groups is 1. The summed E-state index contributed by atoms with van der Waals surface area (Å²) in [6.45, 7) is 0. The highest BCUT2D eigenvalue weighted by Gasteiger charge is 2.15. The minimum atomic E-state index is -3.88. The maximum Gasteiger partial charge on any atom is 0.349 e. The van der Waals surface area contributed by atoms with E-state index < -0.39 is 21.6 Å². The van der Waals surface area contributed by atoms with E-state index in [2.05, 4.69) is 10.6 Å². The maximum atomic E-state index is 12.3. The Morgan fingerprint density at radius 3 is 2.56 bits per heavy atom. The van der Waals surface area contributed by atoms with E-state index in [0.717, 1.165) is 0 Å². The van der Waals surface area contributed by atoms with Crippen LogP contribution < -0.4 is 21.4 Å². The summed E-state index contributed by atoms with van der Waals surface area (Å²) in [6, 6.07) is 13.8. The van der Waals surface area contributed by atoms with Gasteiger partial charge in [0.1, 0.15) is 11.1 Å². The van der Waals surface area contributed by atoms with Crippen LogP contribution in [0.15, 0.2) is 68.7 Å². The molecule has 3 aromatic rings. The minimum Gasteiger partial charge on any atom is -0.422 e. The third-order valence-electron chi connectivity index (χ3n) is 3.53. The molecule has 3 rings (SSSR count). The van der Waals surface area contributed by atoms with Gasteiger partial charge in [0.05, 0.1) is 4.90 Å². The molecule has 0 fully saturated rings. The molecular weight excluding hydrogens is 390 g/mol. The van der Waals surface area contributed by atoms with Crippen molar-refractivity contribution in [2.45, 2.75) is 4.90 Å². The predicted octanol–water partition coefficient (Wildman–Crippen LogP) is 1.57. The molecule has 0 aliphatic rings. The fourth-order valence-electron chi connectivity index (χ4n) is 2.30. The quantitative estimate of drug-likeness (QED) is 0.447. The lowest BCUT2D eigenvalue weighted by atomic mass is 10.2. The van der Waals surface area contributed by atoms with E-state index in [-0.39, 0.29) is 15.6 Å². The smallest absolute Gasteiger partial charge is 0.349 e. The van der Waals surface area contributed by atoms with Gasteiger partial charge in [0.25, 0.3) is 5.91 Å². The molecule has 0 saturated carbocycles. The van der Waals surface area contributed by atoms with Gasteiger partial charge in [-0.25, -0.2) is 18.4 Å². The molecule has 0 atom stereocenters. The lowest BCUT2D eigenvalue weighted by Crippen LogP contribution is -2.36. The van der Waals surface area contributed by atoms with E-state index in [1.807, 2.05) is 0 Å². The molecule has 138 valence electrons. The van der Waals surface area contributed by atoms with E-state index in [0.29, 0.717) is 16.7 Å². The molecule has 1 aromatic heterocycles. The van der Waals surface area contributed by atoms with Crippen LogP contribution in [0, 0.1) is 0 Å². The molecule has 0 unspecified atom stereocenters. The monoisotopic (exact) mass is 403 g/mol. The fourth-order valence-corrected chi connectivity index (χ4v) is 3.07. The molecule has 0 saturated heterocycles. The highest BCUT2D eigenvalue weighted by atomic mass is 32.2. The summed E-state index contributed by atoms with van der Waals surface area (Å²) in [5, 5.41) is 10.5. The second kappa shape index (κ2) is 7.27. The second-order valence-electron chi connectivity index (χ2n) is 5.47. The van der Waals surface area contributed by atoms with Crippen molar-refractivity contribution in [1.82, 2.24) is 5.32 Å². The van der Waals surface area contributed by atoms with Gasteiger partial charge >= 0.3 is 5.63 Å². The third kappa shape index (κ3) is 4.37. The summed E-state index contributed by atoms with van der Waals surface area (Å²) in [6.07, 6.45) is 0. The standard InChI is InChI=1S/C17H13N3O5S2/c18-27(23,24)12-6-3-5-11(9-12)19-17(26)20-15(21)13-8-10-4-1-2-7-14(10)25-16(13)22/h1-9H,(H2,18,23,24)(H2,19,20,21,26). The number of para-hydroxylation sites is 1. The van der Waals surface area contributed by atoms with E-state index in [1.54, 1.807) is 24.3 Å². The van der Waals surface area contributed by atoms with Crippen LogP contribution in [0.2, 0.25) is 0 Å². The molecule has 2 aromatic carbocycles. The van der Waals surface area contributed by atoms with E-state index >= 15 is 0 Å².